The molecule has 0 fully saturated rings. The number of nitrogens with zero attached hydrogens (tertiary/aromatic N) is 2. The number of carbonyl (C=O) groups excluding carboxylic acids is 2. The first-order valence-electron chi connectivity index (χ1n) is 10.5. The van der Waals surface area contributed by atoms with E-state index in [0.29, 0.717) is 11.4 Å². The van der Waals surface area contributed by atoms with Crippen LogP contribution in [-0.2, 0) is 10.0 Å². The number of carbonyl (C=O) groups is 2. The molecule has 1 aromatic carbocycles. The van der Waals surface area contributed by atoms with Crippen LogP contribution in [0.5, 0.6) is 5.75 Å². The number of benzene rings is 1. The lowest BCUT2D eigenvalue weighted by Gasteiger charge is -2.38. The SMILES string of the molecule is CC(C)NC(=O)Nc1ccc2c(c1)C(=O)N([C@H](C)CO)C[C@@H](C)[C@@H](CN(C)S(C)(=O)=O)O2. The highest BCUT2D eigenvalue weighted by molar-refractivity contribution is 7.88. The molecular weight excluding hydrogens is 436 g/mol. The van der Waals surface area contributed by atoms with E-state index in [2.05, 4.69) is 10.6 Å². The van der Waals surface area contributed by atoms with Crippen LogP contribution in [0, 0.1) is 5.92 Å². The number of hydrogen-bond donors (Lipinski definition) is 3. The molecule has 32 heavy (non-hydrogen) atoms. The van der Waals surface area contributed by atoms with Gasteiger partial charge in [-0.2, -0.15) is 0 Å². The van der Waals surface area contributed by atoms with Crippen molar-refractivity contribution < 1.29 is 27.9 Å². The maximum atomic E-state index is 13.3. The van der Waals surface area contributed by atoms with Crippen LogP contribution in [0.2, 0.25) is 0 Å². The Balaban J connectivity index is 2.44. The van der Waals surface area contributed by atoms with Crippen LogP contribution in [0.15, 0.2) is 18.2 Å². The van der Waals surface area contributed by atoms with Gasteiger partial charge >= 0.3 is 6.03 Å². The molecule has 10 nitrogen and oxygen atoms in total. The summed E-state index contributed by atoms with van der Waals surface area (Å²) in [7, 11) is -1.94. The van der Waals surface area contributed by atoms with Gasteiger partial charge in [0.2, 0.25) is 10.0 Å². The van der Waals surface area contributed by atoms with Crippen molar-refractivity contribution in [2.75, 3.05) is 38.3 Å². The molecular formula is C21H34N4O6S. The lowest BCUT2D eigenvalue weighted by Crippen LogP contribution is -2.50. The molecule has 1 aromatic rings. The van der Waals surface area contributed by atoms with Crippen molar-refractivity contribution in [2.24, 2.45) is 5.92 Å². The summed E-state index contributed by atoms with van der Waals surface area (Å²) in [6.07, 6.45) is 0.594. The number of sulfonamides is 1. The lowest BCUT2D eigenvalue weighted by molar-refractivity contribution is 0.0387. The van der Waals surface area contributed by atoms with Gasteiger partial charge < -0.3 is 25.4 Å². The lowest BCUT2D eigenvalue weighted by atomic mass is 9.99. The number of urea groups is 1. The number of anilines is 1. The third-order valence-corrected chi connectivity index (χ3v) is 6.63. The van der Waals surface area contributed by atoms with Crippen molar-refractivity contribution in [1.29, 1.82) is 0 Å². The van der Waals surface area contributed by atoms with E-state index in [4.69, 9.17) is 4.74 Å². The van der Waals surface area contributed by atoms with Crippen molar-refractivity contribution >= 4 is 27.6 Å². The van der Waals surface area contributed by atoms with E-state index in [-0.39, 0.29) is 43.1 Å². The Labute approximate surface area is 190 Å². The number of fused-ring (bicyclic) bond motifs is 1. The van der Waals surface area contributed by atoms with Crippen LogP contribution in [0.1, 0.15) is 38.1 Å². The molecule has 3 atom stereocenters. The van der Waals surface area contributed by atoms with Gasteiger partial charge in [-0.1, -0.05) is 6.92 Å². The summed E-state index contributed by atoms with van der Waals surface area (Å²) in [5.74, 6) is -0.255. The Morgan fingerprint density at radius 1 is 1.34 bits per heavy atom. The second kappa shape index (κ2) is 10.5. The Bertz CT molecular complexity index is 936. The Hall–Kier alpha value is -2.37. The molecule has 2 rings (SSSR count). The second-order valence-corrected chi connectivity index (χ2v) is 10.7. The molecule has 180 valence electrons. The molecule has 0 aliphatic carbocycles. The monoisotopic (exact) mass is 470 g/mol. The van der Waals surface area contributed by atoms with Gasteiger partial charge in [-0.3, -0.25) is 4.79 Å². The fourth-order valence-corrected chi connectivity index (χ4v) is 3.75. The van der Waals surface area contributed by atoms with Crippen molar-refractivity contribution in [3.05, 3.63) is 23.8 Å². The van der Waals surface area contributed by atoms with Crippen LogP contribution in [0.4, 0.5) is 10.5 Å². The van der Waals surface area contributed by atoms with Crippen LogP contribution < -0.4 is 15.4 Å². The smallest absolute Gasteiger partial charge is 0.319 e. The number of likely N-dealkylation sites (N-methyl/N-ethyl adjacent to an activating group) is 1. The topological polar surface area (TPSA) is 128 Å². The summed E-state index contributed by atoms with van der Waals surface area (Å²) in [6.45, 7) is 7.43. The quantitative estimate of drug-likeness (QED) is 0.552. The summed E-state index contributed by atoms with van der Waals surface area (Å²) in [4.78, 5) is 27.0. The molecule has 0 aromatic heterocycles. The van der Waals surface area contributed by atoms with Gasteiger partial charge in [0.15, 0.2) is 0 Å². The highest BCUT2D eigenvalue weighted by Crippen LogP contribution is 2.30. The molecule has 0 radical (unpaired) electrons. The molecule has 1 heterocycles. The van der Waals surface area contributed by atoms with Gasteiger partial charge in [-0.05, 0) is 39.0 Å². The maximum absolute atomic E-state index is 13.3. The van der Waals surface area contributed by atoms with Gasteiger partial charge in [0.25, 0.3) is 5.91 Å². The van der Waals surface area contributed by atoms with Gasteiger partial charge in [0.1, 0.15) is 11.9 Å². The van der Waals surface area contributed by atoms with E-state index in [1.165, 1.54) is 17.4 Å². The van der Waals surface area contributed by atoms with Gasteiger partial charge in [0.05, 0.1) is 31.0 Å². The van der Waals surface area contributed by atoms with Crippen molar-refractivity contribution in [2.45, 2.75) is 45.9 Å². The molecule has 0 saturated carbocycles. The molecule has 0 bridgehead atoms. The number of nitrogens with one attached hydrogen (secondary N) is 2. The number of hydrogen-bond acceptors (Lipinski definition) is 6. The zero-order chi connectivity index (χ0) is 24.2. The largest absolute Gasteiger partial charge is 0.488 e. The number of ether oxygens (including phenoxy) is 1. The molecule has 0 unspecified atom stereocenters. The van der Waals surface area contributed by atoms with Crippen molar-refractivity contribution in [3.63, 3.8) is 0 Å². The van der Waals surface area contributed by atoms with E-state index < -0.39 is 28.2 Å². The van der Waals surface area contributed by atoms with Gasteiger partial charge in [-0.25, -0.2) is 17.5 Å². The third kappa shape index (κ3) is 6.57. The predicted molar refractivity (Wildman–Crippen MR) is 122 cm³/mol. The van der Waals surface area contributed by atoms with Crippen molar-refractivity contribution in [3.8, 4) is 5.75 Å². The second-order valence-electron chi connectivity index (χ2n) is 8.63. The summed E-state index contributed by atoms with van der Waals surface area (Å²) < 4.78 is 31.2. The Kier molecular flexibility index (Phi) is 8.49. The standard InChI is InChI=1S/C21H34N4O6S/c1-13(2)22-21(28)23-16-7-8-18-17(9-16)20(27)25(15(4)12-26)10-14(3)19(31-18)11-24(5)32(6,29)30/h7-9,13-15,19,26H,10-12H2,1-6H3,(H2,22,23,28)/t14-,15-,19-/m1/s1. The molecule has 3 amide bonds. The van der Waals surface area contributed by atoms with E-state index in [9.17, 15) is 23.1 Å². The van der Waals surface area contributed by atoms with Gasteiger partial charge in [-0.15, -0.1) is 0 Å². The molecule has 1 aliphatic rings. The first-order valence-corrected chi connectivity index (χ1v) is 12.4. The first kappa shape index (κ1) is 25.9. The van der Waals surface area contributed by atoms with Crippen LogP contribution >= 0.6 is 0 Å². The Morgan fingerprint density at radius 2 is 2.00 bits per heavy atom. The highest BCUT2D eigenvalue weighted by Gasteiger charge is 2.34. The average molecular weight is 471 g/mol. The van der Waals surface area contributed by atoms with Crippen LogP contribution in [-0.4, -0.2) is 85.9 Å². The Morgan fingerprint density at radius 3 is 2.56 bits per heavy atom. The fourth-order valence-electron chi connectivity index (χ4n) is 3.34. The minimum atomic E-state index is -3.42. The maximum Gasteiger partial charge on any atom is 0.319 e. The minimum absolute atomic E-state index is 0.0562. The van der Waals surface area contributed by atoms with Crippen LogP contribution in [0.25, 0.3) is 0 Å². The first-order chi connectivity index (χ1) is 14.8. The van der Waals surface area contributed by atoms with E-state index >= 15 is 0 Å². The third-order valence-electron chi connectivity index (χ3n) is 5.35. The molecule has 3 N–H and O–H groups in total. The number of aliphatic hydroxyl groups is 1. The molecule has 1 aliphatic heterocycles. The van der Waals surface area contributed by atoms with Crippen LogP contribution in [0.3, 0.4) is 0 Å². The highest BCUT2D eigenvalue weighted by atomic mass is 32.2. The van der Waals surface area contributed by atoms with E-state index in [0.717, 1.165) is 6.26 Å². The molecule has 0 spiro atoms. The van der Waals surface area contributed by atoms with E-state index in [1.54, 1.807) is 24.0 Å². The summed E-state index contributed by atoms with van der Waals surface area (Å²) in [5, 5.41) is 15.1. The summed E-state index contributed by atoms with van der Waals surface area (Å²) in [6, 6.07) is 3.83. The zero-order valence-electron chi connectivity index (χ0n) is 19.5. The fraction of sp³-hybridized carbons (Fsp3) is 0.619. The summed E-state index contributed by atoms with van der Waals surface area (Å²) >= 11 is 0. The average Bonchev–Trinajstić information content (AvgIpc) is 2.69. The molecule has 0 saturated heterocycles. The predicted octanol–water partition coefficient (Wildman–Crippen LogP) is 1.33. The van der Waals surface area contributed by atoms with Gasteiger partial charge in [0, 0.05) is 31.2 Å². The number of amides is 3. The minimum Gasteiger partial charge on any atom is -0.488 e. The van der Waals surface area contributed by atoms with E-state index in [1.807, 2.05) is 20.8 Å². The summed E-state index contributed by atoms with van der Waals surface area (Å²) in [5.41, 5.74) is 0.639. The number of aliphatic hydroxyl groups excluding tert-OH is 1. The van der Waals surface area contributed by atoms with Crippen molar-refractivity contribution in [1.82, 2.24) is 14.5 Å². The molecule has 11 heteroatoms. The normalized spacial score (nSPS) is 20.3. The number of rotatable bonds is 7. The zero-order valence-corrected chi connectivity index (χ0v) is 20.3.